The van der Waals surface area contributed by atoms with Gasteiger partial charge in [-0.1, -0.05) is 34.1 Å². The molecule has 0 aliphatic rings. The lowest BCUT2D eigenvalue weighted by Crippen LogP contribution is -2.17. The number of rotatable bonds is 7. The summed E-state index contributed by atoms with van der Waals surface area (Å²) in [6, 6.07) is 8.35. The van der Waals surface area contributed by atoms with Gasteiger partial charge in [-0.25, -0.2) is 0 Å². The highest BCUT2D eigenvalue weighted by atomic mass is 79.9. The van der Waals surface area contributed by atoms with E-state index in [9.17, 15) is 0 Å². The van der Waals surface area contributed by atoms with Crippen LogP contribution in [0.25, 0.3) is 0 Å². The summed E-state index contributed by atoms with van der Waals surface area (Å²) in [5, 5.41) is 0. The first kappa shape index (κ1) is 13.7. The molecule has 0 aliphatic carbocycles. The zero-order chi connectivity index (χ0) is 11.8. The Bertz CT molecular complexity index is 304. The van der Waals surface area contributed by atoms with Gasteiger partial charge in [0.15, 0.2) is 0 Å². The number of methoxy groups -OCH3 is 1. The van der Waals surface area contributed by atoms with Crippen molar-refractivity contribution in [2.75, 3.05) is 20.3 Å². The maximum absolute atomic E-state index is 5.80. The fourth-order valence-electron chi connectivity index (χ4n) is 1.79. The molecule has 16 heavy (non-hydrogen) atoms. The maximum Gasteiger partial charge on any atom is 0.0462 e. The summed E-state index contributed by atoms with van der Waals surface area (Å²) < 4.78 is 6.24. The Balaban J connectivity index is 2.46. The minimum atomic E-state index is 0.550. The molecule has 1 atom stereocenters. The first-order valence-corrected chi connectivity index (χ1v) is 6.49. The topological polar surface area (TPSA) is 35.2 Å². The second kappa shape index (κ2) is 7.82. The number of nitrogens with two attached hydrogens (primary N) is 1. The second-order valence-electron chi connectivity index (χ2n) is 4.03. The molecule has 0 aromatic heterocycles. The molecule has 1 aromatic rings. The SMILES string of the molecule is COCCCC(CN)Cc1ccccc1Br. The van der Waals surface area contributed by atoms with Crippen LogP contribution in [0.4, 0.5) is 0 Å². The van der Waals surface area contributed by atoms with Crippen molar-refractivity contribution in [3.05, 3.63) is 34.3 Å². The van der Waals surface area contributed by atoms with Gasteiger partial charge in [0.25, 0.3) is 0 Å². The molecule has 0 saturated heterocycles. The van der Waals surface area contributed by atoms with Crippen LogP contribution in [-0.2, 0) is 11.2 Å². The molecule has 1 unspecified atom stereocenters. The molecule has 0 aliphatic heterocycles. The van der Waals surface area contributed by atoms with E-state index in [2.05, 4.69) is 34.1 Å². The number of ether oxygens (including phenoxy) is 1. The number of hydrogen-bond donors (Lipinski definition) is 1. The minimum Gasteiger partial charge on any atom is -0.385 e. The van der Waals surface area contributed by atoms with E-state index < -0.39 is 0 Å². The molecule has 0 spiro atoms. The van der Waals surface area contributed by atoms with E-state index in [1.165, 1.54) is 10.0 Å². The van der Waals surface area contributed by atoms with Crippen LogP contribution in [0.5, 0.6) is 0 Å². The van der Waals surface area contributed by atoms with Gasteiger partial charge in [0.2, 0.25) is 0 Å². The summed E-state index contributed by atoms with van der Waals surface area (Å²) >= 11 is 3.57. The van der Waals surface area contributed by atoms with Gasteiger partial charge in [-0.2, -0.15) is 0 Å². The Hall–Kier alpha value is -0.380. The Morgan fingerprint density at radius 2 is 2.12 bits per heavy atom. The van der Waals surface area contributed by atoms with Gasteiger partial charge in [0, 0.05) is 18.2 Å². The van der Waals surface area contributed by atoms with E-state index >= 15 is 0 Å². The van der Waals surface area contributed by atoms with Crippen LogP contribution in [0, 0.1) is 5.92 Å². The van der Waals surface area contributed by atoms with E-state index in [1.807, 2.05) is 6.07 Å². The molecule has 0 radical (unpaired) electrons. The van der Waals surface area contributed by atoms with Crippen LogP contribution in [0.1, 0.15) is 18.4 Å². The lowest BCUT2D eigenvalue weighted by atomic mass is 9.95. The van der Waals surface area contributed by atoms with Crippen LogP contribution in [0.15, 0.2) is 28.7 Å². The third-order valence-electron chi connectivity index (χ3n) is 2.76. The molecule has 1 aromatic carbocycles. The standard InChI is InChI=1S/C13H20BrNO/c1-16-8-4-5-11(10-15)9-12-6-2-3-7-13(12)14/h2-3,6-7,11H,4-5,8-10,15H2,1H3. The third kappa shape index (κ3) is 4.64. The third-order valence-corrected chi connectivity index (χ3v) is 3.53. The van der Waals surface area contributed by atoms with Crippen molar-refractivity contribution >= 4 is 15.9 Å². The summed E-state index contributed by atoms with van der Waals surface area (Å²) in [5.74, 6) is 0.550. The van der Waals surface area contributed by atoms with Gasteiger partial charge >= 0.3 is 0 Å². The predicted molar refractivity (Wildman–Crippen MR) is 71.5 cm³/mol. The molecule has 2 N–H and O–H groups in total. The van der Waals surface area contributed by atoms with Crippen molar-refractivity contribution in [2.45, 2.75) is 19.3 Å². The minimum absolute atomic E-state index is 0.550. The molecule has 3 heteroatoms. The van der Waals surface area contributed by atoms with Gasteiger partial charge in [-0.05, 0) is 43.4 Å². The monoisotopic (exact) mass is 285 g/mol. The Morgan fingerprint density at radius 3 is 2.75 bits per heavy atom. The van der Waals surface area contributed by atoms with E-state index in [0.29, 0.717) is 5.92 Å². The quantitative estimate of drug-likeness (QED) is 0.782. The van der Waals surface area contributed by atoms with Gasteiger partial charge in [0.05, 0.1) is 0 Å². The van der Waals surface area contributed by atoms with E-state index in [-0.39, 0.29) is 0 Å². The van der Waals surface area contributed by atoms with Crippen molar-refractivity contribution in [1.29, 1.82) is 0 Å². The van der Waals surface area contributed by atoms with Crippen molar-refractivity contribution in [3.63, 3.8) is 0 Å². The smallest absolute Gasteiger partial charge is 0.0462 e. The first-order valence-electron chi connectivity index (χ1n) is 5.70. The van der Waals surface area contributed by atoms with Gasteiger partial charge < -0.3 is 10.5 Å². The van der Waals surface area contributed by atoms with Crippen LogP contribution in [-0.4, -0.2) is 20.3 Å². The predicted octanol–water partition coefficient (Wildman–Crippen LogP) is 2.99. The molecular weight excluding hydrogens is 266 g/mol. The highest BCUT2D eigenvalue weighted by Crippen LogP contribution is 2.21. The lowest BCUT2D eigenvalue weighted by Gasteiger charge is -2.15. The molecule has 0 saturated carbocycles. The van der Waals surface area contributed by atoms with E-state index in [1.54, 1.807) is 7.11 Å². The summed E-state index contributed by atoms with van der Waals surface area (Å²) in [4.78, 5) is 0. The summed E-state index contributed by atoms with van der Waals surface area (Å²) in [7, 11) is 1.74. The zero-order valence-corrected chi connectivity index (χ0v) is 11.4. The zero-order valence-electron chi connectivity index (χ0n) is 9.79. The molecule has 0 heterocycles. The molecule has 0 bridgehead atoms. The Morgan fingerprint density at radius 1 is 1.38 bits per heavy atom. The average Bonchev–Trinajstić information content (AvgIpc) is 2.30. The molecule has 1 rings (SSSR count). The summed E-state index contributed by atoms with van der Waals surface area (Å²) in [5.41, 5.74) is 7.14. The molecular formula is C13H20BrNO. The van der Waals surface area contributed by atoms with Crippen LogP contribution in [0.3, 0.4) is 0 Å². The second-order valence-corrected chi connectivity index (χ2v) is 4.89. The van der Waals surface area contributed by atoms with Crippen molar-refractivity contribution in [3.8, 4) is 0 Å². The van der Waals surface area contributed by atoms with Crippen LogP contribution in [0.2, 0.25) is 0 Å². The van der Waals surface area contributed by atoms with Gasteiger partial charge in [-0.3, -0.25) is 0 Å². The number of benzene rings is 1. The van der Waals surface area contributed by atoms with Gasteiger partial charge in [-0.15, -0.1) is 0 Å². The van der Waals surface area contributed by atoms with Crippen LogP contribution >= 0.6 is 15.9 Å². The molecule has 0 fully saturated rings. The Kier molecular flexibility index (Phi) is 6.69. The lowest BCUT2D eigenvalue weighted by molar-refractivity contribution is 0.187. The summed E-state index contributed by atoms with van der Waals surface area (Å²) in [6.07, 6.45) is 3.26. The average molecular weight is 286 g/mol. The first-order chi connectivity index (χ1) is 7.77. The maximum atomic E-state index is 5.80. The van der Waals surface area contributed by atoms with Gasteiger partial charge in [0.1, 0.15) is 0 Å². The summed E-state index contributed by atoms with van der Waals surface area (Å²) in [6.45, 7) is 1.57. The highest BCUT2D eigenvalue weighted by molar-refractivity contribution is 9.10. The van der Waals surface area contributed by atoms with Crippen LogP contribution < -0.4 is 5.73 Å². The molecule has 2 nitrogen and oxygen atoms in total. The molecule has 90 valence electrons. The van der Waals surface area contributed by atoms with Crippen molar-refractivity contribution in [2.24, 2.45) is 11.7 Å². The largest absolute Gasteiger partial charge is 0.385 e. The number of halogens is 1. The normalized spacial score (nSPS) is 12.7. The van der Waals surface area contributed by atoms with Crippen molar-refractivity contribution < 1.29 is 4.74 Å². The fourth-order valence-corrected chi connectivity index (χ4v) is 2.24. The Labute approximate surface area is 106 Å². The molecule has 0 amide bonds. The van der Waals surface area contributed by atoms with Crippen molar-refractivity contribution in [1.82, 2.24) is 0 Å². The van der Waals surface area contributed by atoms with E-state index in [0.717, 1.165) is 32.4 Å². The highest BCUT2D eigenvalue weighted by Gasteiger charge is 2.09. The van der Waals surface area contributed by atoms with E-state index in [4.69, 9.17) is 10.5 Å². The fraction of sp³-hybridized carbons (Fsp3) is 0.538. The number of hydrogen-bond acceptors (Lipinski definition) is 2.